The Morgan fingerprint density at radius 3 is 2.75 bits per heavy atom. The molecule has 3 rings (SSSR count). The standard InChI is InChI=1S/C16H19F2NO/c17-12-9-14(18)13-7-8-19(15(13)10-12)16(20)6-5-11-3-1-2-4-11/h9-11H,1-8H2. The summed E-state index contributed by atoms with van der Waals surface area (Å²) >= 11 is 0. The Morgan fingerprint density at radius 2 is 2.00 bits per heavy atom. The van der Waals surface area contributed by atoms with Gasteiger partial charge in [0.05, 0.1) is 5.69 Å². The highest BCUT2D eigenvalue weighted by atomic mass is 19.1. The van der Waals surface area contributed by atoms with Crippen LogP contribution in [-0.4, -0.2) is 12.5 Å². The summed E-state index contributed by atoms with van der Waals surface area (Å²) in [6.45, 7) is 0.471. The number of carbonyl (C=O) groups is 1. The first kappa shape index (κ1) is 13.5. The minimum atomic E-state index is -0.614. The second-order valence-electron chi connectivity index (χ2n) is 5.87. The fraction of sp³-hybridized carbons (Fsp3) is 0.562. The first-order chi connectivity index (χ1) is 9.65. The lowest BCUT2D eigenvalue weighted by Gasteiger charge is -2.18. The average molecular weight is 279 g/mol. The second-order valence-corrected chi connectivity index (χ2v) is 5.87. The zero-order valence-electron chi connectivity index (χ0n) is 11.5. The molecule has 0 aromatic heterocycles. The van der Waals surface area contributed by atoms with Crippen LogP contribution in [0.1, 0.15) is 44.1 Å². The zero-order valence-corrected chi connectivity index (χ0v) is 11.5. The number of halogens is 2. The molecular formula is C16H19F2NO. The quantitative estimate of drug-likeness (QED) is 0.823. The maximum absolute atomic E-state index is 13.6. The van der Waals surface area contributed by atoms with Crippen LogP contribution in [0.5, 0.6) is 0 Å². The number of anilines is 1. The molecule has 0 spiro atoms. The molecule has 1 amide bonds. The third-order valence-corrected chi connectivity index (χ3v) is 4.56. The van der Waals surface area contributed by atoms with Gasteiger partial charge in [-0.05, 0) is 24.8 Å². The first-order valence-corrected chi connectivity index (χ1v) is 7.43. The molecule has 1 aromatic rings. The van der Waals surface area contributed by atoms with Gasteiger partial charge in [0, 0.05) is 24.6 Å². The number of amides is 1. The first-order valence-electron chi connectivity index (χ1n) is 7.43. The lowest BCUT2D eigenvalue weighted by atomic mass is 10.0. The minimum Gasteiger partial charge on any atom is -0.312 e. The van der Waals surface area contributed by atoms with Crippen LogP contribution >= 0.6 is 0 Å². The maximum Gasteiger partial charge on any atom is 0.227 e. The van der Waals surface area contributed by atoms with Crippen LogP contribution in [0.4, 0.5) is 14.5 Å². The smallest absolute Gasteiger partial charge is 0.227 e. The van der Waals surface area contributed by atoms with Crippen molar-refractivity contribution in [3.8, 4) is 0 Å². The third kappa shape index (κ3) is 2.56. The van der Waals surface area contributed by atoms with Crippen LogP contribution < -0.4 is 4.90 Å². The molecule has 108 valence electrons. The van der Waals surface area contributed by atoms with Gasteiger partial charge in [0.2, 0.25) is 5.91 Å². The third-order valence-electron chi connectivity index (χ3n) is 4.56. The Bertz CT molecular complexity index is 523. The molecule has 2 nitrogen and oxygen atoms in total. The average Bonchev–Trinajstić information content (AvgIpc) is 3.04. The normalized spacial score (nSPS) is 18.6. The molecule has 0 unspecified atom stereocenters. The maximum atomic E-state index is 13.6. The minimum absolute atomic E-state index is 0.000602. The van der Waals surface area contributed by atoms with Crippen LogP contribution in [0.2, 0.25) is 0 Å². The number of hydrogen-bond acceptors (Lipinski definition) is 1. The van der Waals surface area contributed by atoms with Gasteiger partial charge in [0.25, 0.3) is 0 Å². The van der Waals surface area contributed by atoms with Crippen molar-refractivity contribution in [1.29, 1.82) is 0 Å². The van der Waals surface area contributed by atoms with Gasteiger partial charge < -0.3 is 4.90 Å². The van der Waals surface area contributed by atoms with E-state index in [4.69, 9.17) is 0 Å². The molecule has 4 heteroatoms. The molecule has 1 aromatic carbocycles. The molecule has 20 heavy (non-hydrogen) atoms. The van der Waals surface area contributed by atoms with Crippen molar-refractivity contribution >= 4 is 11.6 Å². The van der Waals surface area contributed by atoms with E-state index in [1.54, 1.807) is 4.90 Å². The molecule has 0 N–H and O–H groups in total. The van der Waals surface area contributed by atoms with Crippen LogP contribution in [-0.2, 0) is 11.2 Å². The van der Waals surface area contributed by atoms with Gasteiger partial charge in [-0.25, -0.2) is 8.78 Å². The number of carbonyl (C=O) groups excluding carboxylic acids is 1. The van der Waals surface area contributed by atoms with Gasteiger partial charge in [0.15, 0.2) is 0 Å². The summed E-state index contributed by atoms with van der Waals surface area (Å²) in [5.74, 6) is -0.492. The number of hydrogen-bond donors (Lipinski definition) is 0. The van der Waals surface area contributed by atoms with E-state index in [1.165, 1.54) is 31.7 Å². The molecule has 1 heterocycles. The van der Waals surface area contributed by atoms with E-state index in [-0.39, 0.29) is 5.91 Å². The molecule has 0 atom stereocenters. The predicted molar refractivity (Wildman–Crippen MR) is 73.6 cm³/mol. The second kappa shape index (κ2) is 5.51. The fourth-order valence-electron chi connectivity index (χ4n) is 3.44. The zero-order chi connectivity index (χ0) is 14.1. The van der Waals surface area contributed by atoms with Crippen molar-refractivity contribution in [3.05, 3.63) is 29.3 Å². The summed E-state index contributed by atoms with van der Waals surface area (Å²) in [6, 6.07) is 2.17. The summed E-state index contributed by atoms with van der Waals surface area (Å²) in [7, 11) is 0. The van der Waals surface area contributed by atoms with Crippen LogP contribution in [0.15, 0.2) is 12.1 Å². The van der Waals surface area contributed by atoms with Crippen LogP contribution in [0.25, 0.3) is 0 Å². The number of rotatable bonds is 3. The van der Waals surface area contributed by atoms with E-state index in [1.807, 2.05) is 0 Å². The number of fused-ring (bicyclic) bond motifs is 1. The molecule has 1 aliphatic heterocycles. The van der Waals surface area contributed by atoms with E-state index in [0.717, 1.165) is 12.5 Å². The highest BCUT2D eigenvalue weighted by Crippen LogP contribution is 2.33. The Kier molecular flexibility index (Phi) is 3.72. The summed E-state index contributed by atoms with van der Waals surface area (Å²) in [6.07, 6.45) is 6.84. The van der Waals surface area contributed by atoms with Crippen molar-refractivity contribution < 1.29 is 13.6 Å². The summed E-state index contributed by atoms with van der Waals surface area (Å²) < 4.78 is 27.0. The monoisotopic (exact) mass is 279 g/mol. The van der Waals surface area contributed by atoms with Crippen molar-refractivity contribution in [2.24, 2.45) is 5.92 Å². The molecule has 2 aliphatic rings. The van der Waals surface area contributed by atoms with E-state index < -0.39 is 11.6 Å². The number of benzene rings is 1. The summed E-state index contributed by atoms with van der Waals surface area (Å²) in [4.78, 5) is 13.8. The van der Waals surface area contributed by atoms with E-state index >= 15 is 0 Å². The Hall–Kier alpha value is -1.45. The van der Waals surface area contributed by atoms with Crippen LogP contribution in [0, 0.1) is 17.6 Å². The lowest BCUT2D eigenvalue weighted by molar-refractivity contribution is -0.118. The van der Waals surface area contributed by atoms with Gasteiger partial charge in [-0.15, -0.1) is 0 Å². The molecule has 0 saturated heterocycles. The predicted octanol–water partition coefficient (Wildman–Crippen LogP) is 3.82. The van der Waals surface area contributed by atoms with Crippen molar-refractivity contribution in [3.63, 3.8) is 0 Å². The Morgan fingerprint density at radius 1 is 1.25 bits per heavy atom. The van der Waals surface area contributed by atoms with Crippen LogP contribution in [0.3, 0.4) is 0 Å². The van der Waals surface area contributed by atoms with Gasteiger partial charge in [-0.2, -0.15) is 0 Å². The highest BCUT2D eigenvalue weighted by molar-refractivity contribution is 5.95. The largest absolute Gasteiger partial charge is 0.312 e. The molecule has 1 fully saturated rings. The molecule has 0 radical (unpaired) electrons. The van der Waals surface area contributed by atoms with Gasteiger partial charge in [-0.3, -0.25) is 4.79 Å². The molecule has 0 bridgehead atoms. The van der Waals surface area contributed by atoms with E-state index in [2.05, 4.69) is 0 Å². The van der Waals surface area contributed by atoms with Gasteiger partial charge in [-0.1, -0.05) is 25.7 Å². The summed E-state index contributed by atoms with van der Waals surface area (Å²) in [5.41, 5.74) is 0.902. The van der Waals surface area contributed by atoms with Gasteiger partial charge in [0.1, 0.15) is 11.6 Å². The Labute approximate surface area is 117 Å². The van der Waals surface area contributed by atoms with Gasteiger partial charge >= 0.3 is 0 Å². The van der Waals surface area contributed by atoms with Crippen molar-refractivity contribution in [2.45, 2.75) is 44.9 Å². The topological polar surface area (TPSA) is 20.3 Å². The fourth-order valence-corrected chi connectivity index (χ4v) is 3.44. The van der Waals surface area contributed by atoms with Crippen molar-refractivity contribution in [1.82, 2.24) is 0 Å². The van der Waals surface area contributed by atoms with E-state index in [0.29, 0.717) is 36.6 Å². The van der Waals surface area contributed by atoms with Crippen molar-refractivity contribution in [2.75, 3.05) is 11.4 Å². The lowest BCUT2D eigenvalue weighted by Crippen LogP contribution is -2.29. The molecule has 1 saturated carbocycles. The SMILES string of the molecule is O=C(CCC1CCCC1)N1CCc2c(F)cc(F)cc21. The van der Waals surface area contributed by atoms with E-state index in [9.17, 15) is 13.6 Å². The number of nitrogens with zero attached hydrogens (tertiary/aromatic N) is 1. The highest BCUT2D eigenvalue weighted by Gasteiger charge is 2.28. The molecular weight excluding hydrogens is 260 g/mol. The molecule has 1 aliphatic carbocycles. The Balaban J connectivity index is 1.68. The summed E-state index contributed by atoms with van der Waals surface area (Å²) in [5, 5.41) is 0.